The quantitative estimate of drug-likeness (QED) is 0.274. The standard InChI is InChI=1S/C8H9NO4/c1-13-9-4-5-2-7(11)8(12)3-6(5)10/h2-4,10-12H,1H3/b9-4+. The third kappa shape index (κ3) is 2.02. The van der Waals surface area contributed by atoms with Gasteiger partial charge in [0.2, 0.25) is 0 Å². The Hall–Kier alpha value is -1.91. The summed E-state index contributed by atoms with van der Waals surface area (Å²) >= 11 is 0. The molecule has 0 unspecified atom stereocenters. The molecule has 1 aromatic rings. The van der Waals surface area contributed by atoms with Crippen molar-refractivity contribution >= 4 is 6.21 Å². The van der Waals surface area contributed by atoms with E-state index in [-0.39, 0.29) is 22.8 Å². The largest absolute Gasteiger partial charge is 0.507 e. The average molecular weight is 183 g/mol. The lowest BCUT2D eigenvalue weighted by Crippen LogP contribution is -1.83. The van der Waals surface area contributed by atoms with E-state index in [0.29, 0.717) is 0 Å². The van der Waals surface area contributed by atoms with Gasteiger partial charge >= 0.3 is 0 Å². The highest BCUT2D eigenvalue weighted by Gasteiger charge is 2.05. The van der Waals surface area contributed by atoms with Crippen molar-refractivity contribution in [1.29, 1.82) is 0 Å². The number of rotatable bonds is 2. The summed E-state index contributed by atoms with van der Waals surface area (Å²) in [6.45, 7) is 0. The van der Waals surface area contributed by atoms with Gasteiger partial charge in [-0.2, -0.15) is 0 Å². The molecule has 0 heterocycles. The summed E-state index contributed by atoms with van der Waals surface area (Å²) in [6, 6.07) is 2.19. The van der Waals surface area contributed by atoms with Crippen molar-refractivity contribution in [1.82, 2.24) is 0 Å². The minimum absolute atomic E-state index is 0.184. The van der Waals surface area contributed by atoms with Gasteiger partial charge in [0.25, 0.3) is 0 Å². The van der Waals surface area contributed by atoms with Crippen molar-refractivity contribution in [2.24, 2.45) is 5.16 Å². The van der Waals surface area contributed by atoms with Crippen LogP contribution >= 0.6 is 0 Å². The maximum absolute atomic E-state index is 9.22. The Morgan fingerprint density at radius 3 is 2.38 bits per heavy atom. The Balaban J connectivity index is 3.08. The molecular formula is C8H9NO4. The molecule has 5 heteroatoms. The predicted molar refractivity (Wildman–Crippen MR) is 46.0 cm³/mol. The van der Waals surface area contributed by atoms with Crippen molar-refractivity contribution in [3.63, 3.8) is 0 Å². The van der Waals surface area contributed by atoms with Gasteiger partial charge < -0.3 is 20.2 Å². The zero-order valence-corrected chi connectivity index (χ0v) is 6.93. The van der Waals surface area contributed by atoms with Gasteiger partial charge in [-0.1, -0.05) is 5.16 Å². The summed E-state index contributed by atoms with van der Waals surface area (Å²) in [5.74, 6) is -0.890. The van der Waals surface area contributed by atoms with Crippen molar-refractivity contribution in [2.75, 3.05) is 7.11 Å². The van der Waals surface area contributed by atoms with E-state index in [9.17, 15) is 5.11 Å². The lowest BCUT2D eigenvalue weighted by atomic mass is 10.2. The summed E-state index contributed by atoms with van der Waals surface area (Å²) < 4.78 is 0. The smallest absolute Gasteiger partial charge is 0.161 e. The minimum Gasteiger partial charge on any atom is -0.507 e. The van der Waals surface area contributed by atoms with Crippen LogP contribution in [0, 0.1) is 0 Å². The molecule has 0 radical (unpaired) electrons. The van der Waals surface area contributed by atoms with Gasteiger partial charge in [0.1, 0.15) is 12.9 Å². The van der Waals surface area contributed by atoms with Crippen LogP contribution in [0.5, 0.6) is 17.2 Å². The number of hydrogen-bond acceptors (Lipinski definition) is 5. The highest BCUT2D eigenvalue weighted by atomic mass is 16.6. The zero-order chi connectivity index (χ0) is 9.84. The van der Waals surface area contributed by atoms with E-state index in [4.69, 9.17) is 10.2 Å². The third-order valence-corrected chi connectivity index (χ3v) is 1.42. The molecule has 0 saturated carbocycles. The molecule has 0 amide bonds. The normalized spacial score (nSPS) is 10.5. The van der Waals surface area contributed by atoms with Crippen LogP contribution in [0.3, 0.4) is 0 Å². The Labute approximate surface area is 74.5 Å². The monoisotopic (exact) mass is 183 g/mol. The highest BCUT2D eigenvalue weighted by molar-refractivity contribution is 5.84. The van der Waals surface area contributed by atoms with Crippen LogP contribution in [0.1, 0.15) is 5.56 Å². The van der Waals surface area contributed by atoms with E-state index in [1.807, 2.05) is 0 Å². The van der Waals surface area contributed by atoms with Gasteiger partial charge in [0.15, 0.2) is 11.5 Å². The molecule has 0 aliphatic heterocycles. The number of hydrogen-bond donors (Lipinski definition) is 3. The lowest BCUT2D eigenvalue weighted by molar-refractivity contribution is 0.215. The van der Waals surface area contributed by atoms with E-state index in [0.717, 1.165) is 6.07 Å². The molecule has 0 bridgehead atoms. The second kappa shape index (κ2) is 3.66. The fourth-order valence-electron chi connectivity index (χ4n) is 0.795. The fraction of sp³-hybridized carbons (Fsp3) is 0.125. The number of phenols is 3. The second-order valence-electron chi connectivity index (χ2n) is 2.32. The first-order valence-corrected chi connectivity index (χ1v) is 3.46. The number of nitrogens with zero attached hydrogens (tertiary/aromatic N) is 1. The summed E-state index contributed by atoms with van der Waals surface area (Å²) in [6.07, 6.45) is 1.22. The van der Waals surface area contributed by atoms with Crippen LogP contribution in [-0.2, 0) is 4.84 Å². The number of benzene rings is 1. The Morgan fingerprint density at radius 1 is 1.15 bits per heavy atom. The van der Waals surface area contributed by atoms with Gasteiger partial charge in [-0.15, -0.1) is 0 Å². The zero-order valence-electron chi connectivity index (χ0n) is 6.93. The average Bonchev–Trinajstić information content (AvgIpc) is 2.09. The van der Waals surface area contributed by atoms with Crippen molar-refractivity contribution in [3.8, 4) is 17.2 Å². The molecule has 0 fully saturated rings. The SMILES string of the molecule is CO/N=C/c1cc(O)c(O)cc1O. The topological polar surface area (TPSA) is 82.3 Å². The van der Waals surface area contributed by atoms with Gasteiger partial charge in [-0.05, 0) is 6.07 Å². The Kier molecular flexibility index (Phi) is 2.59. The molecule has 13 heavy (non-hydrogen) atoms. The van der Waals surface area contributed by atoms with Crippen molar-refractivity contribution < 1.29 is 20.2 Å². The van der Waals surface area contributed by atoms with Crippen LogP contribution in [0.2, 0.25) is 0 Å². The summed E-state index contributed by atoms with van der Waals surface area (Å²) in [5, 5.41) is 30.6. The van der Waals surface area contributed by atoms with Gasteiger partial charge in [0, 0.05) is 11.6 Å². The first-order chi connectivity index (χ1) is 6.15. The van der Waals surface area contributed by atoms with Crippen LogP contribution < -0.4 is 0 Å². The molecule has 0 saturated heterocycles. The van der Waals surface area contributed by atoms with Crippen LogP contribution in [0.15, 0.2) is 17.3 Å². The molecule has 5 nitrogen and oxygen atoms in total. The maximum Gasteiger partial charge on any atom is 0.161 e. The van der Waals surface area contributed by atoms with Gasteiger partial charge in [-0.25, -0.2) is 0 Å². The highest BCUT2D eigenvalue weighted by Crippen LogP contribution is 2.31. The molecule has 0 aromatic heterocycles. The van der Waals surface area contributed by atoms with Gasteiger partial charge in [-0.3, -0.25) is 0 Å². The summed E-state index contributed by atoms with van der Waals surface area (Å²) in [7, 11) is 1.35. The lowest BCUT2D eigenvalue weighted by Gasteiger charge is -2.01. The van der Waals surface area contributed by atoms with E-state index in [1.54, 1.807) is 0 Å². The molecule has 3 N–H and O–H groups in total. The maximum atomic E-state index is 9.22. The third-order valence-electron chi connectivity index (χ3n) is 1.42. The number of oxime groups is 1. The molecule has 0 atom stereocenters. The first-order valence-electron chi connectivity index (χ1n) is 3.46. The molecule has 0 spiro atoms. The fourth-order valence-corrected chi connectivity index (χ4v) is 0.795. The molecule has 70 valence electrons. The number of phenolic OH excluding ortho intramolecular Hbond substituents is 3. The van der Waals surface area contributed by atoms with Crippen molar-refractivity contribution in [2.45, 2.75) is 0 Å². The summed E-state index contributed by atoms with van der Waals surface area (Å²) in [4.78, 5) is 4.39. The van der Waals surface area contributed by atoms with E-state index >= 15 is 0 Å². The van der Waals surface area contributed by atoms with Crippen LogP contribution in [0.25, 0.3) is 0 Å². The van der Waals surface area contributed by atoms with E-state index < -0.39 is 0 Å². The summed E-state index contributed by atoms with van der Waals surface area (Å²) in [5.41, 5.74) is 0.261. The molecule has 0 aliphatic rings. The predicted octanol–water partition coefficient (Wildman–Crippen LogP) is 0.784. The van der Waals surface area contributed by atoms with Gasteiger partial charge in [0.05, 0.1) is 6.21 Å². The molecule has 0 aliphatic carbocycles. The van der Waals surface area contributed by atoms with E-state index in [2.05, 4.69) is 9.99 Å². The molecular weight excluding hydrogens is 174 g/mol. The second-order valence-corrected chi connectivity index (χ2v) is 2.32. The molecule has 1 rings (SSSR count). The Morgan fingerprint density at radius 2 is 1.77 bits per heavy atom. The Bertz CT molecular complexity index is 335. The first kappa shape index (κ1) is 9.18. The number of aromatic hydroxyl groups is 3. The van der Waals surface area contributed by atoms with Crippen LogP contribution in [0.4, 0.5) is 0 Å². The van der Waals surface area contributed by atoms with Crippen LogP contribution in [-0.4, -0.2) is 28.6 Å². The molecule has 1 aromatic carbocycles. The van der Waals surface area contributed by atoms with Crippen molar-refractivity contribution in [3.05, 3.63) is 17.7 Å². The minimum atomic E-state index is -0.382. The van der Waals surface area contributed by atoms with E-state index in [1.165, 1.54) is 19.4 Å².